The highest BCUT2D eigenvalue weighted by Crippen LogP contribution is 2.31. The molecule has 2 aromatic carbocycles. The molecular weight excluding hydrogens is 491 g/mol. The van der Waals surface area contributed by atoms with E-state index in [9.17, 15) is 4.39 Å². The van der Waals surface area contributed by atoms with E-state index < -0.39 is 5.82 Å². The number of hydrogen-bond donors (Lipinski definition) is 2. The molecule has 3 N–H and O–H groups in total. The van der Waals surface area contributed by atoms with Crippen molar-refractivity contribution < 1.29 is 13.5 Å². The molecule has 0 radical (unpaired) electrons. The Labute approximate surface area is 219 Å². The van der Waals surface area contributed by atoms with Gasteiger partial charge in [-0.05, 0) is 42.7 Å². The third-order valence-corrected chi connectivity index (χ3v) is 7.56. The van der Waals surface area contributed by atoms with Gasteiger partial charge in [-0.3, -0.25) is 0 Å². The van der Waals surface area contributed by atoms with E-state index in [1.54, 1.807) is 12.3 Å². The van der Waals surface area contributed by atoms with Gasteiger partial charge in [-0.15, -0.1) is 22.0 Å². The maximum atomic E-state index is 14.9. The van der Waals surface area contributed by atoms with Gasteiger partial charge in [0.1, 0.15) is 5.82 Å². The maximum Gasteiger partial charge on any atom is 0.270 e. The number of ether oxygens (including phenoxy) is 1. The van der Waals surface area contributed by atoms with Crippen LogP contribution in [-0.2, 0) is 11.3 Å². The van der Waals surface area contributed by atoms with Gasteiger partial charge in [-0.2, -0.15) is 0 Å². The van der Waals surface area contributed by atoms with E-state index in [1.165, 1.54) is 11.0 Å². The van der Waals surface area contributed by atoms with Crippen LogP contribution < -0.4 is 11.1 Å². The Morgan fingerprint density at radius 2 is 1.97 bits per heavy atom. The van der Waals surface area contributed by atoms with E-state index in [1.807, 2.05) is 30.0 Å². The number of aromatic nitrogens is 4. The molecule has 1 saturated heterocycles. The molecule has 1 aliphatic rings. The quantitative estimate of drug-likeness (QED) is 0.282. The van der Waals surface area contributed by atoms with Crippen molar-refractivity contribution in [2.75, 3.05) is 18.9 Å². The van der Waals surface area contributed by atoms with Gasteiger partial charge in [-0.1, -0.05) is 32.0 Å². The monoisotopic (exact) mass is 520 g/mol. The van der Waals surface area contributed by atoms with Crippen LogP contribution in [0.15, 0.2) is 58.0 Å². The van der Waals surface area contributed by atoms with Gasteiger partial charge in [0.2, 0.25) is 0 Å². The van der Waals surface area contributed by atoms with Crippen molar-refractivity contribution in [3.63, 3.8) is 0 Å². The molecule has 0 amide bonds. The van der Waals surface area contributed by atoms with Crippen LogP contribution in [0.1, 0.15) is 32.3 Å². The first-order chi connectivity index (χ1) is 18.0. The van der Waals surface area contributed by atoms with Gasteiger partial charge in [0.25, 0.3) is 11.8 Å². The van der Waals surface area contributed by atoms with Crippen molar-refractivity contribution in [2.24, 2.45) is 0 Å². The largest absolute Gasteiger partial charge is 0.414 e. The predicted octanol–water partition coefficient (Wildman–Crippen LogP) is 5.35. The second-order valence-corrected chi connectivity index (χ2v) is 10.5. The van der Waals surface area contributed by atoms with Crippen LogP contribution in [-0.4, -0.2) is 44.7 Å². The number of thioether (sulfide) groups is 1. The van der Waals surface area contributed by atoms with E-state index in [4.69, 9.17) is 14.9 Å². The van der Waals surface area contributed by atoms with Gasteiger partial charge in [-0.25, -0.2) is 14.4 Å². The lowest BCUT2D eigenvalue weighted by atomic mass is 10.1. The molecule has 5 rings (SSSR count). The van der Waals surface area contributed by atoms with E-state index in [0.29, 0.717) is 30.1 Å². The van der Waals surface area contributed by atoms with Crippen molar-refractivity contribution >= 4 is 17.6 Å². The summed E-state index contributed by atoms with van der Waals surface area (Å²) >= 11 is 1.83. The Kier molecular flexibility index (Phi) is 7.78. The Morgan fingerprint density at radius 3 is 2.70 bits per heavy atom. The number of nitrogens with one attached hydrogen (secondary N) is 1. The molecule has 10 heteroatoms. The molecular formula is C27H29FN6O2S. The standard InChI is InChI=1S/C27H29FN6O2S/c1-3-16(2)37-20-7-5-18(6-8-20)23-14-31-25(29)24(32-23)27-34-33-26(36-27)21-9-4-17(12-22(21)28)13-30-19-10-11-35-15-19/h4-9,12,14,16,19,30H,3,10-11,13,15H2,1-2H3,(H2,29,31). The molecule has 3 heterocycles. The lowest BCUT2D eigenvalue weighted by Crippen LogP contribution is -2.28. The summed E-state index contributed by atoms with van der Waals surface area (Å²) in [4.78, 5) is 10.1. The van der Waals surface area contributed by atoms with Gasteiger partial charge in [0.15, 0.2) is 11.5 Å². The number of hydrogen-bond acceptors (Lipinski definition) is 9. The summed E-state index contributed by atoms with van der Waals surface area (Å²) in [5, 5.41) is 12.0. The smallest absolute Gasteiger partial charge is 0.270 e. The van der Waals surface area contributed by atoms with Gasteiger partial charge in [0, 0.05) is 34.9 Å². The number of rotatable bonds is 9. The van der Waals surface area contributed by atoms with Crippen LogP contribution in [0.25, 0.3) is 34.3 Å². The summed E-state index contributed by atoms with van der Waals surface area (Å²) < 4.78 is 26.1. The average Bonchev–Trinajstić information content (AvgIpc) is 3.61. The fourth-order valence-electron chi connectivity index (χ4n) is 3.94. The second-order valence-electron chi connectivity index (χ2n) is 9.02. The molecule has 0 aliphatic carbocycles. The van der Waals surface area contributed by atoms with Crippen LogP contribution in [0.2, 0.25) is 0 Å². The molecule has 0 spiro atoms. The van der Waals surface area contributed by atoms with Crippen molar-refractivity contribution in [2.45, 2.75) is 49.4 Å². The van der Waals surface area contributed by atoms with Crippen LogP contribution in [0.3, 0.4) is 0 Å². The fraction of sp³-hybridized carbons (Fsp3) is 0.333. The third kappa shape index (κ3) is 5.98. The van der Waals surface area contributed by atoms with Crippen molar-refractivity contribution in [3.05, 3.63) is 60.0 Å². The first kappa shape index (κ1) is 25.3. The van der Waals surface area contributed by atoms with E-state index >= 15 is 0 Å². The van der Waals surface area contributed by atoms with Crippen LogP contribution in [0.4, 0.5) is 10.2 Å². The van der Waals surface area contributed by atoms with Crippen LogP contribution in [0, 0.1) is 5.82 Å². The summed E-state index contributed by atoms with van der Waals surface area (Å²) in [7, 11) is 0. The van der Waals surface area contributed by atoms with E-state index in [-0.39, 0.29) is 28.9 Å². The molecule has 2 aromatic heterocycles. The Bertz CT molecular complexity index is 1360. The maximum absolute atomic E-state index is 14.9. The Hall–Kier alpha value is -3.34. The van der Waals surface area contributed by atoms with Crippen molar-refractivity contribution in [1.82, 2.24) is 25.5 Å². The molecule has 0 saturated carbocycles. The number of nitrogens with two attached hydrogens (primary N) is 1. The van der Waals surface area contributed by atoms with Crippen LogP contribution in [0.5, 0.6) is 0 Å². The van der Waals surface area contributed by atoms with Gasteiger partial charge in [0.05, 0.1) is 24.1 Å². The minimum Gasteiger partial charge on any atom is -0.414 e. The molecule has 2 unspecified atom stereocenters. The Balaban J connectivity index is 1.33. The molecule has 1 fully saturated rings. The first-order valence-electron chi connectivity index (χ1n) is 12.3. The highest BCUT2D eigenvalue weighted by atomic mass is 32.2. The first-order valence-corrected chi connectivity index (χ1v) is 13.2. The van der Waals surface area contributed by atoms with Crippen molar-refractivity contribution in [3.8, 4) is 34.3 Å². The van der Waals surface area contributed by atoms with Gasteiger partial charge >= 0.3 is 0 Å². The number of benzene rings is 2. The van der Waals surface area contributed by atoms with E-state index in [2.05, 4.69) is 51.5 Å². The Morgan fingerprint density at radius 1 is 1.16 bits per heavy atom. The zero-order chi connectivity index (χ0) is 25.8. The molecule has 1 aliphatic heterocycles. The predicted molar refractivity (Wildman–Crippen MR) is 142 cm³/mol. The third-order valence-electron chi connectivity index (χ3n) is 6.28. The number of nitrogen functional groups attached to an aromatic ring is 1. The lowest BCUT2D eigenvalue weighted by Gasteiger charge is -2.10. The van der Waals surface area contributed by atoms with Gasteiger partial charge < -0.3 is 20.2 Å². The number of nitrogens with zero attached hydrogens (tertiary/aromatic N) is 4. The molecule has 37 heavy (non-hydrogen) atoms. The normalized spacial score (nSPS) is 16.2. The molecule has 0 bridgehead atoms. The molecule has 192 valence electrons. The zero-order valence-electron chi connectivity index (χ0n) is 20.8. The lowest BCUT2D eigenvalue weighted by molar-refractivity contribution is 0.190. The summed E-state index contributed by atoms with van der Waals surface area (Å²) in [6, 6.07) is 13.4. The minimum absolute atomic E-state index is 0.0502. The second kappa shape index (κ2) is 11.4. The average molecular weight is 521 g/mol. The fourth-order valence-corrected chi connectivity index (χ4v) is 4.87. The molecule has 4 aromatic rings. The zero-order valence-corrected chi connectivity index (χ0v) is 21.6. The van der Waals surface area contributed by atoms with Crippen molar-refractivity contribution in [1.29, 1.82) is 0 Å². The summed E-state index contributed by atoms with van der Waals surface area (Å²) in [5.41, 5.74) is 8.89. The van der Waals surface area contributed by atoms with E-state index in [0.717, 1.165) is 30.6 Å². The minimum atomic E-state index is -0.444. The number of halogens is 1. The molecule has 2 atom stereocenters. The summed E-state index contributed by atoms with van der Waals surface area (Å²) in [6.07, 6.45) is 3.67. The highest BCUT2D eigenvalue weighted by Gasteiger charge is 2.20. The topological polar surface area (TPSA) is 112 Å². The number of anilines is 1. The molecule has 8 nitrogen and oxygen atoms in total. The SMILES string of the molecule is CCC(C)Sc1ccc(-c2cnc(N)c(-c3nnc(-c4ccc(CNC5CCOC5)cc4F)o3)n2)cc1. The van der Waals surface area contributed by atoms with Crippen LogP contribution >= 0.6 is 11.8 Å². The summed E-state index contributed by atoms with van der Waals surface area (Å²) in [6.45, 7) is 6.37. The highest BCUT2D eigenvalue weighted by molar-refractivity contribution is 7.99. The summed E-state index contributed by atoms with van der Waals surface area (Å²) in [5.74, 6) is -0.160.